The van der Waals surface area contributed by atoms with E-state index in [2.05, 4.69) is 15.1 Å². The van der Waals surface area contributed by atoms with Crippen LogP contribution in [0, 0.1) is 0 Å². The van der Waals surface area contributed by atoms with Gasteiger partial charge >= 0.3 is 13.7 Å². The van der Waals surface area contributed by atoms with Crippen molar-refractivity contribution in [2.45, 2.75) is 37.0 Å². The number of carbonyl (C=O) groups excluding carboxylic acids is 1. The summed E-state index contributed by atoms with van der Waals surface area (Å²) >= 11 is 0. The van der Waals surface area contributed by atoms with Crippen LogP contribution in [-0.2, 0) is 29.8 Å². The Labute approximate surface area is 200 Å². The number of anilines is 1. The predicted octanol–water partition coefficient (Wildman–Crippen LogP) is 0.124. The van der Waals surface area contributed by atoms with Gasteiger partial charge in [-0.1, -0.05) is 30.3 Å². The number of aromatic nitrogens is 3. The van der Waals surface area contributed by atoms with Crippen molar-refractivity contribution in [2.24, 2.45) is 0 Å². The van der Waals surface area contributed by atoms with Crippen molar-refractivity contribution >= 4 is 30.6 Å². The third kappa shape index (κ3) is 5.52. The summed E-state index contributed by atoms with van der Waals surface area (Å²) < 4.78 is 29.7. The fourth-order valence-electron chi connectivity index (χ4n) is 3.86. The Morgan fingerprint density at radius 3 is 2.71 bits per heavy atom. The second-order valence-corrected chi connectivity index (χ2v) is 9.53. The average Bonchev–Trinajstić information content (AvgIpc) is 3.39. The molecule has 6 N–H and O–H groups in total. The number of nitrogen functional groups attached to an aromatic ring is 1. The number of benzene rings is 1. The second-order valence-electron chi connectivity index (χ2n) is 7.97. The Kier molecular flexibility index (Phi) is 7.47. The van der Waals surface area contributed by atoms with Crippen LogP contribution in [0.15, 0.2) is 48.9 Å². The van der Waals surface area contributed by atoms with Crippen LogP contribution in [0.1, 0.15) is 11.8 Å². The minimum atomic E-state index is -4.54. The number of esters is 1. The molecule has 1 aromatic carbocycles. The molecule has 6 atom stereocenters. The van der Waals surface area contributed by atoms with Gasteiger partial charge in [0.05, 0.1) is 25.6 Å². The Morgan fingerprint density at radius 1 is 1.26 bits per heavy atom. The maximum atomic E-state index is 12.7. The predicted molar refractivity (Wildman–Crippen MR) is 123 cm³/mol. The number of rotatable bonds is 9. The highest BCUT2D eigenvalue weighted by atomic mass is 31.2. The number of nitrogens with zero attached hydrogens (tertiary/aromatic N) is 3. The standard InChI is InChI=1S/C21H26N5O8P/c1-32-21(29)13(9-12-5-3-2-4-6-12)25-35(30,31)33-10-15-17(27)18(28)20(34-15)26-11-24-16-14(26)7-8-23-19(16)22/h2-8,11,13,15,17-18,20,27-28H,9-10H2,1H3,(H2,22,23)(H2,25,30,31)/t13-,15+,17+,18+,20+/m0/s1. The lowest BCUT2D eigenvalue weighted by atomic mass is 10.1. The first-order valence-electron chi connectivity index (χ1n) is 10.7. The minimum Gasteiger partial charge on any atom is -0.468 e. The van der Waals surface area contributed by atoms with E-state index in [4.69, 9.17) is 19.7 Å². The van der Waals surface area contributed by atoms with E-state index >= 15 is 0 Å². The molecule has 1 fully saturated rings. The number of carbonyl (C=O) groups is 1. The molecule has 2 aromatic heterocycles. The van der Waals surface area contributed by atoms with Gasteiger partial charge in [0.25, 0.3) is 0 Å². The number of methoxy groups -OCH3 is 1. The summed E-state index contributed by atoms with van der Waals surface area (Å²) in [5, 5.41) is 23.3. The molecule has 0 spiro atoms. The van der Waals surface area contributed by atoms with Gasteiger partial charge in [0.1, 0.15) is 29.9 Å². The van der Waals surface area contributed by atoms with E-state index in [0.29, 0.717) is 11.0 Å². The number of nitrogens with two attached hydrogens (primary N) is 1. The van der Waals surface area contributed by atoms with E-state index in [1.807, 2.05) is 0 Å². The van der Waals surface area contributed by atoms with Crippen molar-refractivity contribution in [3.05, 3.63) is 54.5 Å². The van der Waals surface area contributed by atoms with E-state index in [1.165, 1.54) is 24.2 Å². The molecule has 1 saturated heterocycles. The van der Waals surface area contributed by atoms with Crippen LogP contribution in [0.4, 0.5) is 5.82 Å². The molecule has 1 aliphatic heterocycles. The quantitative estimate of drug-likeness (QED) is 0.194. The molecule has 0 bridgehead atoms. The summed E-state index contributed by atoms with van der Waals surface area (Å²) in [4.78, 5) is 30.6. The summed E-state index contributed by atoms with van der Waals surface area (Å²) in [5.74, 6) is -0.558. The largest absolute Gasteiger partial charge is 0.468 e. The number of fused-ring (bicyclic) bond motifs is 1. The number of hydrogen-bond donors (Lipinski definition) is 5. The lowest BCUT2D eigenvalue weighted by Gasteiger charge is -2.22. The number of ether oxygens (including phenoxy) is 2. The molecular weight excluding hydrogens is 481 g/mol. The molecule has 3 aromatic rings. The third-order valence-corrected chi connectivity index (χ3v) is 6.77. The van der Waals surface area contributed by atoms with Gasteiger partial charge in [-0.05, 0) is 18.1 Å². The molecule has 35 heavy (non-hydrogen) atoms. The van der Waals surface area contributed by atoms with Gasteiger partial charge in [0.2, 0.25) is 0 Å². The summed E-state index contributed by atoms with van der Waals surface area (Å²) in [6, 6.07) is 9.32. The van der Waals surface area contributed by atoms with Crippen molar-refractivity contribution < 1.29 is 38.5 Å². The number of aliphatic hydroxyl groups excluding tert-OH is 2. The smallest absolute Gasteiger partial charge is 0.403 e. The summed E-state index contributed by atoms with van der Waals surface area (Å²) in [5.41, 5.74) is 7.47. The van der Waals surface area contributed by atoms with Crippen molar-refractivity contribution in [1.29, 1.82) is 0 Å². The topological polar surface area (TPSA) is 191 Å². The van der Waals surface area contributed by atoms with E-state index < -0.39 is 50.9 Å². The van der Waals surface area contributed by atoms with Gasteiger partial charge in [-0.15, -0.1) is 0 Å². The van der Waals surface area contributed by atoms with Gasteiger partial charge in [0.15, 0.2) is 12.0 Å². The Morgan fingerprint density at radius 2 is 2.00 bits per heavy atom. The highest BCUT2D eigenvalue weighted by molar-refractivity contribution is 7.50. The molecular formula is C21H26N5O8P. The van der Waals surface area contributed by atoms with Gasteiger partial charge in [-0.3, -0.25) is 9.32 Å². The van der Waals surface area contributed by atoms with Crippen LogP contribution < -0.4 is 10.8 Å². The van der Waals surface area contributed by atoms with E-state index in [9.17, 15) is 24.5 Å². The molecule has 1 unspecified atom stereocenters. The van der Waals surface area contributed by atoms with Gasteiger partial charge in [-0.25, -0.2) is 19.6 Å². The Balaban J connectivity index is 1.42. The number of imidazole rings is 1. The second kappa shape index (κ2) is 10.4. The van der Waals surface area contributed by atoms with Crippen molar-refractivity contribution in [1.82, 2.24) is 19.6 Å². The Hall–Kier alpha value is -2.90. The maximum absolute atomic E-state index is 12.7. The highest BCUT2D eigenvalue weighted by Gasteiger charge is 2.45. The Bertz CT molecular complexity index is 1220. The molecule has 1 aliphatic rings. The first kappa shape index (κ1) is 25.2. The van der Waals surface area contributed by atoms with Crippen LogP contribution in [0.3, 0.4) is 0 Å². The van der Waals surface area contributed by atoms with E-state index in [1.54, 1.807) is 36.4 Å². The van der Waals surface area contributed by atoms with Gasteiger partial charge in [0, 0.05) is 6.20 Å². The lowest BCUT2D eigenvalue weighted by Crippen LogP contribution is -2.39. The SMILES string of the molecule is COC(=O)[C@H](Cc1ccccc1)NP(=O)(O)OC[C@H]1O[C@@H](n2cnc3c(N)nccc32)[C@H](O)[C@@H]1O. The molecule has 3 heterocycles. The van der Waals surface area contributed by atoms with E-state index in [0.717, 1.165) is 5.56 Å². The average molecular weight is 507 g/mol. The summed E-state index contributed by atoms with van der Waals surface area (Å²) in [7, 11) is -3.38. The highest BCUT2D eigenvalue weighted by Crippen LogP contribution is 2.40. The van der Waals surface area contributed by atoms with Crippen LogP contribution in [-0.4, -0.2) is 73.7 Å². The number of nitrogens with one attached hydrogen (secondary N) is 1. The van der Waals surface area contributed by atoms with Crippen LogP contribution in [0.5, 0.6) is 0 Å². The van der Waals surface area contributed by atoms with Gasteiger partial charge in [-0.2, -0.15) is 0 Å². The fraction of sp³-hybridized carbons (Fsp3) is 0.381. The first-order chi connectivity index (χ1) is 16.7. The van der Waals surface area contributed by atoms with Crippen LogP contribution in [0.2, 0.25) is 0 Å². The molecule has 0 aliphatic carbocycles. The number of hydrogen-bond acceptors (Lipinski definition) is 10. The number of aliphatic hydroxyl groups is 2. The fourth-order valence-corrected chi connectivity index (χ4v) is 4.88. The minimum absolute atomic E-state index is 0.0798. The molecule has 4 rings (SSSR count). The van der Waals surface area contributed by atoms with Crippen molar-refractivity contribution in [3.63, 3.8) is 0 Å². The molecule has 13 nitrogen and oxygen atoms in total. The maximum Gasteiger partial charge on any atom is 0.403 e. The molecule has 0 amide bonds. The summed E-state index contributed by atoms with van der Waals surface area (Å²) in [6.45, 7) is -0.551. The first-order valence-corrected chi connectivity index (χ1v) is 12.2. The van der Waals surface area contributed by atoms with Crippen molar-refractivity contribution in [2.75, 3.05) is 19.5 Å². The van der Waals surface area contributed by atoms with Crippen molar-refractivity contribution in [3.8, 4) is 0 Å². The van der Waals surface area contributed by atoms with Crippen LogP contribution >= 0.6 is 7.75 Å². The molecule has 0 saturated carbocycles. The van der Waals surface area contributed by atoms with Gasteiger partial charge < -0.3 is 34.9 Å². The normalized spacial score (nSPS) is 24.8. The third-order valence-electron chi connectivity index (χ3n) is 5.63. The lowest BCUT2D eigenvalue weighted by molar-refractivity contribution is -0.142. The molecule has 14 heteroatoms. The zero-order valence-electron chi connectivity index (χ0n) is 18.7. The summed E-state index contributed by atoms with van der Waals surface area (Å²) in [6.07, 6.45) is -2.10. The zero-order chi connectivity index (χ0) is 25.2. The molecule has 188 valence electrons. The number of pyridine rings is 1. The van der Waals surface area contributed by atoms with Crippen LogP contribution in [0.25, 0.3) is 11.0 Å². The molecule has 0 radical (unpaired) electrons. The monoisotopic (exact) mass is 507 g/mol. The van der Waals surface area contributed by atoms with E-state index in [-0.39, 0.29) is 12.2 Å². The zero-order valence-corrected chi connectivity index (χ0v) is 19.6.